The van der Waals surface area contributed by atoms with Crippen LogP contribution in [0.15, 0.2) is 77.7 Å². The molecule has 1 heterocycles. The van der Waals surface area contributed by atoms with Gasteiger partial charge in [0.05, 0.1) is 17.7 Å². The average molecular weight is 480 g/mol. The van der Waals surface area contributed by atoms with Gasteiger partial charge in [0, 0.05) is 24.5 Å². The fourth-order valence-corrected chi connectivity index (χ4v) is 5.47. The second kappa shape index (κ2) is 10.2. The Kier molecular flexibility index (Phi) is 7.07. The molecule has 0 radical (unpaired) electrons. The van der Waals surface area contributed by atoms with E-state index in [1.54, 1.807) is 48.5 Å². The molecule has 1 aliphatic heterocycles. The number of benzene rings is 3. The number of carbonyl (C=O) groups is 1. The summed E-state index contributed by atoms with van der Waals surface area (Å²) in [5.41, 5.74) is 2.97. The highest BCUT2D eigenvalue weighted by Crippen LogP contribution is 2.32. The number of ether oxygens (including phenoxy) is 1. The third kappa shape index (κ3) is 5.17. The Hall–Kier alpha value is -3.52. The number of nitrogens with zero attached hydrogens (tertiary/aromatic N) is 2. The molecule has 3 aromatic rings. The summed E-state index contributed by atoms with van der Waals surface area (Å²) in [6, 6.07) is 20.9. The number of aryl methyl sites for hydroxylation is 1. The van der Waals surface area contributed by atoms with E-state index in [1.165, 1.54) is 20.0 Å². The van der Waals surface area contributed by atoms with Gasteiger partial charge in [-0.05, 0) is 68.3 Å². The smallest absolute Gasteiger partial charge is 0.264 e. The van der Waals surface area contributed by atoms with Crippen molar-refractivity contribution >= 4 is 33.0 Å². The van der Waals surface area contributed by atoms with Crippen molar-refractivity contribution in [3.8, 4) is 5.75 Å². The SMILES string of the molecule is COc1ccccc1N(CC(=O)Nc1ccc(N2CCCC2)cc1)S(=O)(=O)c1ccc(C)cc1. The van der Waals surface area contributed by atoms with Gasteiger partial charge >= 0.3 is 0 Å². The molecule has 0 aromatic heterocycles. The number of anilines is 3. The molecular weight excluding hydrogens is 450 g/mol. The quantitative estimate of drug-likeness (QED) is 0.517. The second-order valence-corrected chi connectivity index (χ2v) is 10.1. The van der Waals surface area contributed by atoms with Crippen LogP contribution in [0.2, 0.25) is 0 Å². The van der Waals surface area contributed by atoms with Crippen molar-refractivity contribution in [2.24, 2.45) is 0 Å². The first-order chi connectivity index (χ1) is 16.4. The monoisotopic (exact) mass is 479 g/mol. The van der Waals surface area contributed by atoms with Crippen molar-refractivity contribution in [3.05, 3.63) is 78.4 Å². The summed E-state index contributed by atoms with van der Waals surface area (Å²) in [5.74, 6) is -0.0866. The van der Waals surface area contributed by atoms with Crippen LogP contribution in [0.5, 0.6) is 5.75 Å². The van der Waals surface area contributed by atoms with Crippen LogP contribution < -0.4 is 19.3 Å². The van der Waals surface area contributed by atoms with E-state index in [1.807, 2.05) is 31.2 Å². The highest BCUT2D eigenvalue weighted by atomic mass is 32.2. The second-order valence-electron chi connectivity index (χ2n) is 8.29. The van der Waals surface area contributed by atoms with E-state index in [0.29, 0.717) is 17.1 Å². The molecule has 0 bridgehead atoms. The molecule has 0 saturated carbocycles. The summed E-state index contributed by atoms with van der Waals surface area (Å²) in [5, 5.41) is 2.83. The third-order valence-corrected chi connectivity index (χ3v) is 7.65. The number of nitrogens with one attached hydrogen (secondary N) is 1. The molecule has 0 unspecified atom stereocenters. The summed E-state index contributed by atoms with van der Waals surface area (Å²) >= 11 is 0. The van der Waals surface area contributed by atoms with Crippen molar-refractivity contribution in [2.45, 2.75) is 24.7 Å². The number of sulfonamides is 1. The normalized spacial score (nSPS) is 13.5. The van der Waals surface area contributed by atoms with Crippen LogP contribution in [0.3, 0.4) is 0 Å². The Morgan fingerprint density at radius 2 is 1.62 bits per heavy atom. The van der Waals surface area contributed by atoms with E-state index in [0.717, 1.165) is 28.6 Å². The number of amides is 1. The molecular formula is C26H29N3O4S. The Bertz CT molecular complexity index is 1240. The molecule has 1 fully saturated rings. The summed E-state index contributed by atoms with van der Waals surface area (Å²) in [7, 11) is -2.55. The Labute approximate surface area is 201 Å². The standard InChI is InChI=1S/C26H29N3O4S/c1-20-9-15-23(16-10-20)34(31,32)29(24-7-3-4-8-25(24)33-2)19-26(30)27-21-11-13-22(14-12-21)28-17-5-6-18-28/h3-4,7-16H,5-6,17-19H2,1-2H3,(H,27,30). The maximum absolute atomic E-state index is 13.6. The van der Waals surface area contributed by atoms with E-state index in [2.05, 4.69) is 10.2 Å². The maximum Gasteiger partial charge on any atom is 0.264 e. The molecule has 3 aromatic carbocycles. The van der Waals surface area contributed by atoms with Crippen LogP contribution in [-0.2, 0) is 14.8 Å². The van der Waals surface area contributed by atoms with Crippen molar-refractivity contribution in [1.29, 1.82) is 0 Å². The lowest BCUT2D eigenvalue weighted by Gasteiger charge is -2.25. The number of methoxy groups -OCH3 is 1. The van der Waals surface area contributed by atoms with Crippen molar-refractivity contribution in [1.82, 2.24) is 0 Å². The average Bonchev–Trinajstić information content (AvgIpc) is 3.38. The van der Waals surface area contributed by atoms with Gasteiger partial charge in [-0.3, -0.25) is 9.10 Å². The highest BCUT2D eigenvalue weighted by Gasteiger charge is 2.29. The lowest BCUT2D eigenvalue weighted by Crippen LogP contribution is -2.38. The van der Waals surface area contributed by atoms with E-state index in [-0.39, 0.29) is 4.90 Å². The fraction of sp³-hybridized carbons (Fsp3) is 0.269. The molecule has 4 rings (SSSR count). The number of para-hydroxylation sites is 2. The van der Waals surface area contributed by atoms with Gasteiger partial charge < -0.3 is 15.0 Å². The van der Waals surface area contributed by atoms with Gasteiger partial charge in [0.1, 0.15) is 12.3 Å². The zero-order valence-electron chi connectivity index (χ0n) is 19.4. The van der Waals surface area contributed by atoms with Crippen LogP contribution in [0.25, 0.3) is 0 Å². The largest absolute Gasteiger partial charge is 0.495 e. The van der Waals surface area contributed by atoms with Crippen LogP contribution >= 0.6 is 0 Å². The number of hydrogen-bond donors (Lipinski definition) is 1. The summed E-state index contributed by atoms with van der Waals surface area (Å²) in [6.45, 7) is 3.56. The molecule has 0 atom stereocenters. The molecule has 7 nitrogen and oxygen atoms in total. The van der Waals surface area contributed by atoms with Gasteiger partial charge in [0.15, 0.2) is 0 Å². The first kappa shape index (κ1) is 23.6. The van der Waals surface area contributed by atoms with E-state index < -0.39 is 22.5 Å². The molecule has 34 heavy (non-hydrogen) atoms. The molecule has 0 spiro atoms. The van der Waals surface area contributed by atoms with Crippen molar-refractivity contribution < 1.29 is 17.9 Å². The summed E-state index contributed by atoms with van der Waals surface area (Å²) in [6.07, 6.45) is 2.37. The fourth-order valence-electron chi connectivity index (χ4n) is 4.03. The minimum absolute atomic E-state index is 0.103. The third-order valence-electron chi connectivity index (χ3n) is 5.87. The minimum Gasteiger partial charge on any atom is -0.495 e. The van der Waals surface area contributed by atoms with Crippen LogP contribution in [0, 0.1) is 6.92 Å². The van der Waals surface area contributed by atoms with Gasteiger partial charge in [-0.25, -0.2) is 8.42 Å². The number of rotatable bonds is 8. The molecule has 0 aliphatic carbocycles. The Balaban J connectivity index is 1.59. The molecule has 1 N–H and O–H groups in total. The van der Waals surface area contributed by atoms with Gasteiger partial charge in [-0.2, -0.15) is 0 Å². The Morgan fingerprint density at radius 3 is 2.26 bits per heavy atom. The molecule has 1 aliphatic rings. The summed E-state index contributed by atoms with van der Waals surface area (Å²) < 4.78 is 33.6. The maximum atomic E-state index is 13.6. The van der Waals surface area contributed by atoms with E-state index in [9.17, 15) is 13.2 Å². The zero-order valence-corrected chi connectivity index (χ0v) is 20.2. The minimum atomic E-state index is -4.02. The molecule has 1 amide bonds. The molecule has 1 saturated heterocycles. The van der Waals surface area contributed by atoms with E-state index in [4.69, 9.17) is 4.74 Å². The lowest BCUT2D eigenvalue weighted by molar-refractivity contribution is -0.114. The van der Waals surface area contributed by atoms with Gasteiger partial charge in [-0.15, -0.1) is 0 Å². The molecule has 8 heteroatoms. The number of carbonyl (C=O) groups excluding carboxylic acids is 1. The van der Waals surface area contributed by atoms with Gasteiger partial charge in [0.25, 0.3) is 10.0 Å². The number of hydrogen-bond acceptors (Lipinski definition) is 5. The zero-order chi connectivity index (χ0) is 24.1. The summed E-state index contributed by atoms with van der Waals surface area (Å²) in [4.78, 5) is 15.4. The van der Waals surface area contributed by atoms with Crippen LogP contribution in [-0.4, -0.2) is 41.1 Å². The predicted molar refractivity (Wildman–Crippen MR) is 135 cm³/mol. The van der Waals surface area contributed by atoms with Crippen LogP contribution in [0.1, 0.15) is 18.4 Å². The highest BCUT2D eigenvalue weighted by molar-refractivity contribution is 7.92. The van der Waals surface area contributed by atoms with Crippen LogP contribution in [0.4, 0.5) is 17.1 Å². The van der Waals surface area contributed by atoms with Gasteiger partial charge in [-0.1, -0.05) is 29.8 Å². The Morgan fingerprint density at radius 1 is 0.971 bits per heavy atom. The predicted octanol–water partition coefficient (Wildman–Crippen LogP) is 4.44. The van der Waals surface area contributed by atoms with E-state index >= 15 is 0 Å². The van der Waals surface area contributed by atoms with Crippen molar-refractivity contribution in [3.63, 3.8) is 0 Å². The van der Waals surface area contributed by atoms with Gasteiger partial charge in [0.2, 0.25) is 5.91 Å². The topological polar surface area (TPSA) is 79.0 Å². The molecule has 178 valence electrons. The van der Waals surface area contributed by atoms with Crippen molar-refractivity contribution in [2.75, 3.05) is 41.3 Å². The lowest BCUT2D eigenvalue weighted by atomic mass is 10.2. The first-order valence-corrected chi connectivity index (χ1v) is 12.7. The first-order valence-electron chi connectivity index (χ1n) is 11.3.